The summed E-state index contributed by atoms with van der Waals surface area (Å²) >= 11 is 1.62. The third-order valence-corrected chi connectivity index (χ3v) is 4.50. The third kappa shape index (κ3) is 4.84. The standard InChI is InChI=1S/C16H24N2O2S/c1-16(2,3)17-15(20)12-6-8-18(9-7-12)14(19)11-13-5-4-10-21-13/h4-5,10,12H,6-9,11H2,1-3H3,(H,17,20). The predicted octanol–water partition coefficient (Wildman–Crippen LogP) is 2.44. The minimum atomic E-state index is -0.191. The number of hydrogen-bond donors (Lipinski definition) is 1. The Hall–Kier alpha value is -1.36. The van der Waals surface area contributed by atoms with Gasteiger partial charge in [-0.3, -0.25) is 9.59 Å². The van der Waals surface area contributed by atoms with Gasteiger partial charge in [0, 0.05) is 29.4 Å². The molecule has 4 nitrogen and oxygen atoms in total. The van der Waals surface area contributed by atoms with Crippen molar-refractivity contribution in [2.24, 2.45) is 5.92 Å². The third-order valence-electron chi connectivity index (χ3n) is 3.62. The molecule has 0 atom stereocenters. The number of carbonyl (C=O) groups is 2. The van der Waals surface area contributed by atoms with Gasteiger partial charge >= 0.3 is 0 Å². The molecule has 1 saturated heterocycles. The molecule has 21 heavy (non-hydrogen) atoms. The number of nitrogens with one attached hydrogen (secondary N) is 1. The minimum Gasteiger partial charge on any atom is -0.351 e. The zero-order valence-corrected chi connectivity index (χ0v) is 13.8. The van der Waals surface area contributed by atoms with Crippen molar-refractivity contribution in [2.45, 2.75) is 45.6 Å². The molecule has 0 radical (unpaired) electrons. The highest BCUT2D eigenvalue weighted by atomic mass is 32.1. The normalized spacial score (nSPS) is 16.8. The van der Waals surface area contributed by atoms with Crippen LogP contribution in [-0.2, 0) is 16.0 Å². The fourth-order valence-electron chi connectivity index (χ4n) is 2.54. The summed E-state index contributed by atoms with van der Waals surface area (Å²) in [6.07, 6.45) is 2.01. The maximum atomic E-state index is 12.2. The second-order valence-electron chi connectivity index (χ2n) is 6.65. The van der Waals surface area contributed by atoms with Crippen LogP contribution in [0.3, 0.4) is 0 Å². The Morgan fingerprint density at radius 2 is 2.00 bits per heavy atom. The number of nitrogens with zero attached hydrogens (tertiary/aromatic N) is 1. The molecule has 0 aliphatic carbocycles. The summed E-state index contributed by atoms with van der Waals surface area (Å²) in [5, 5.41) is 5.02. The van der Waals surface area contributed by atoms with E-state index in [1.807, 2.05) is 43.2 Å². The predicted molar refractivity (Wildman–Crippen MR) is 85.2 cm³/mol. The van der Waals surface area contributed by atoms with Crippen LogP contribution in [0.25, 0.3) is 0 Å². The molecule has 2 amide bonds. The van der Waals surface area contributed by atoms with E-state index in [0.717, 1.165) is 17.7 Å². The van der Waals surface area contributed by atoms with Gasteiger partial charge in [0.2, 0.25) is 11.8 Å². The Labute approximate surface area is 130 Å². The lowest BCUT2D eigenvalue weighted by atomic mass is 9.94. The number of amides is 2. The lowest BCUT2D eigenvalue weighted by Crippen LogP contribution is -2.48. The molecular weight excluding hydrogens is 284 g/mol. The summed E-state index contributed by atoms with van der Waals surface area (Å²) in [6.45, 7) is 7.35. The van der Waals surface area contributed by atoms with Crippen LogP contribution in [0.4, 0.5) is 0 Å². The van der Waals surface area contributed by atoms with E-state index in [0.29, 0.717) is 19.5 Å². The molecule has 0 bridgehead atoms. The largest absolute Gasteiger partial charge is 0.351 e. The second-order valence-corrected chi connectivity index (χ2v) is 7.68. The number of thiophene rings is 1. The monoisotopic (exact) mass is 308 g/mol. The van der Waals surface area contributed by atoms with E-state index in [-0.39, 0.29) is 23.3 Å². The first-order chi connectivity index (χ1) is 9.85. The van der Waals surface area contributed by atoms with Gasteiger partial charge < -0.3 is 10.2 Å². The molecule has 0 spiro atoms. The van der Waals surface area contributed by atoms with Crippen molar-refractivity contribution in [3.05, 3.63) is 22.4 Å². The number of rotatable bonds is 3. The van der Waals surface area contributed by atoms with E-state index < -0.39 is 0 Å². The SMILES string of the molecule is CC(C)(C)NC(=O)C1CCN(C(=O)Cc2cccs2)CC1. The van der Waals surface area contributed by atoms with E-state index in [2.05, 4.69) is 5.32 Å². The Balaban J connectivity index is 1.80. The lowest BCUT2D eigenvalue weighted by molar-refractivity contribution is -0.135. The van der Waals surface area contributed by atoms with E-state index in [9.17, 15) is 9.59 Å². The molecule has 0 aromatic carbocycles. The van der Waals surface area contributed by atoms with E-state index in [1.54, 1.807) is 11.3 Å². The van der Waals surface area contributed by atoms with Crippen molar-refractivity contribution < 1.29 is 9.59 Å². The summed E-state index contributed by atoms with van der Waals surface area (Å²) in [7, 11) is 0. The molecule has 0 saturated carbocycles. The van der Waals surface area contributed by atoms with Crippen LogP contribution in [0.1, 0.15) is 38.5 Å². The first-order valence-electron chi connectivity index (χ1n) is 7.47. The zero-order chi connectivity index (χ0) is 15.5. The Bertz CT molecular complexity index is 483. The molecular formula is C16H24N2O2S. The van der Waals surface area contributed by atoms with E-state index >= 15 is 0 Å². The molecule has 1 aromatic heterocycles. The number of piperidine rings is 1. The molecule has 1 aromatic rings. The fraction of sp³-hybridized carbons (Fsp3) is 0.625. The Morgan fingerprint density at radius 1 is 1.33 bits per heavy atom. The van der Waals surface area contributed by atoms with Crippen LogP contribution in [0.15, 0.2) is 17.5 Å². The Kier molecular flexibility index (Phi) is 5.04. The average Bonchev–Trinajstić information content (AvgIpc) is 2.90. The van der Waals surface area contributed by atoms with Crippen LogP contribution < -0.4 is 5.32 Å². The molecule has 116 valence electrons. The van der Waals surface area contributed by atoms with Crippen molar-refractivity contribution >= 4 is 23.2 Å². The summed E-state index contributed by atoms with van der Waals surface area (Å²) in [6, 6.07) is 3.96. The van der Waals surface area contributed by atoms with Gasteiger partial charge in [0.05, 0.1) is 6.42 Å². The summed E-state index contributed by atoms with van der Waals surface area (Å²) in [5.41, 5.74) is -0.191. The van der Waals surface area contributed by atoms with Crippen molar-refractivity contribution in [3.8, 4) is 0 Å². The molecule has 2 heterocycles. The first kappa shape index (κ1) is 16.0. The van der Waals surface area contributed by atoms with Crippen molar-refractivity contribution in [2.75, 3.05) is 13.1 Å². The quantitative estimate of drug-likeness (QED) is 0.932. The van der Waals surface area contributed by atoms with Crippen LogP contribution in [0, 0.1) is 5.92 Å². The maximum Gasteiger partial charge on any atom is 0.227 e. The zero-order valence-electron chi connectivity index (χ0n) is 13.0. The lowest BCUT2D eigenvalue weighted by Gasteiger charge is -2.33. The molecule has 1 N–H and O–H groups in total. The van der Waals surface area contributed by atoms with E-state index in [4.69, 9.17) is 0 Å². The van der Waals surface area contributed by atoms with Crippen LogP contribution in [0.2, 0.25) is 0 Å². The van der Waals surface area contributed by atoms with Gasteiger partial charge in [0.1, 0.15) is 0 Å². The van der Waals surface area contributed by atoms with Crippen LogP contribution in [-0.4, -0.2) is 35.3 Å². The van der Waals surface area contributed by atoms with Gasteiger partial charge in [-0.25, -0.2) is 0 Å². The summed E-state index contributed by atoms with van der Waals surface area (Å²) in [5.74, 6) is 0.329. The smallest absolute Gasteiger partial charge is 0.227 e. The van der Waals surface area contributed by atoms with Crippen molar-refractivity contribution in [1.29, 1.82) is 0 Å². The highest BCUT2D eigenvalue weighted by molar-refractivity contribution is 7.10. The fourth-order valence-corrected chi connectivity index (χ4v) is 3.23. The molecule has 5 heteroatoms. The molecule has 1 fully saturated rings. The van der Waals surface area contributed by atoms with Gasteiger partial charge in [-0.15, -0.1) is 11.3 Å². The van der Waals surface area contributed by atoms with Gasteiger partial charge in [-0.1, -0.05) is 6.07 Å². The number of likely N-dealkylation sites (tertiary alicyclic amines) is 1. The minimum absolute atomic E-state index is 0.0370. The average molecular weight is 308 g/mol. The summed E-state index contributed by atoms with van der Waals surface area (Å²) < 4.78 is 0. The van der Waals surface area contributed by atoms with Crippen molar-refractivity contribution in [3.63, 3.8) is 0 Å². The van der Waals surface area contributed by atoms with Gasteiger partial charge in [-0.05, 0) is 45.1 Å². The van der Waals surface area contributed by atoms with Gasteiger partial charge in [0.15, 0.2) is 0 Å². The Morgan fingerprint density at radius 3 is 2.52 bits per heavy atom. The number of carbonyl (C=O) groups excluding carboxylic acids is 2. The first-order valence-corrected chi connectivity index (χ1v) is 8.35. The highest BCUT2D eigenvalue weighted by Gasteiger charge is 2.29. The van der Waals surface area contributed by atoms with Gasteiger partial charge in [0.25, 0.3) is 0 Å². The molecule has 1 aliphatic heterocycles. The molecule has 1 aliphatic rings. The maximum absolute atomic E-state index is 12.2. The van der Waals surface area contributed by atoms with Crippen molar-refractivity contribution in [1.82, 2.24) is 10.2 Å². The van der Waals surface area contributed by atoms with Crippen LogP contribution >= 0.6 is 11.3 Å². The van der Waals surface area contributed by atoms with Crippen LogP contribution in [0.5, 0.6) is 0 Å². The molecule has 0 unspecified atom stereocenters. The number of hydrogen-bond acceptors (Lipinski definition) is 3. The van der Waals surface area contributed by atoms with Gasteiger partial charge in [-0.2, -0.15) is 0 Å². The topological polar surface area (TPSA) is 49.4 Å². The highest BCUT2D eigenvalue weighted by Crippen LogP contribution is 2.20. The summed E-state index contributed by atoms with van der Waals surface area (Å²) in [4.78, 5) is 27.3. The molecule has 2 rings (SSSR count). The second kappa shape index (κ2) is 6.60. The van der Waals surface area contributed by atoms with E-state index in [1.165, 1.54) is 0 Å².